The monoisotopic (exact) mass is 307 g/mol. The van der Waals surface area contributed by atoms with Crippen molar-refractivity contribution in [1.82, 2.24) is 4.31 Å². The molecule has 0 amide bonds. The van der Waals surface area contributed by atoms with Crippen LogP contribution in [0.3, 0.4) is 0 Å². The van der Waals surface area contributed by atoms with Gasteiger partial charge in [-0.2, -0.15) is 4.31 Å². The number of nitrogens with zero attached hydrogens (tertiary/aromatic N) is 1. The van der Waals surface area contributed by atoms with Gasteiger partial charge in [-0.05, 0) is 42.0 Å². The zero-order valence-electron chi connectivity index (χ0n) is 11.9. The average molecular weight is 307 g/mol. The summed E-state index contributed by atoms with van der Waals surface area (Å²) < 4.78 is 31.2. The van der Waals surface area contributed by atoms with E-state index in [1.807, 2.05) is 0 Å². The summed E-state index contributed by atoms with van der Waals surface area (Å²) >= 11 is 0. The molecular weight excluding hydrogens is 290 g/mol. The van der Waals surface area contributed by atoms with Crippen molar-refractivity contribution in [1.29, 1.82) is 0 Å². The van der Waals surface area contributed by atoms with Gasteiger partial charge >= 0.3 is 0 Å². The number of ether oxygens (including phenoxy) is 1. The summed E-state index contributed by atoms with van der Waals surface area (Å²) in [5, 5.41) is 9.23. The van der Waals surface area contributed by atoms with Crippen molar-refractivity contribution in [2.75, 3.05) is 14.2 Å². The second kappa shape index (κ2) is 6.15. The quantitative estimate of drug-likeness (QED) is 0.920. The molecule has 0 aliphatic carbocycles. The van der Waals surface area contributed by atoms with Gasteiger partial charge in [-0.25, -0.2) is 8.42 Å². The number of hydrogen-bond donors (Lipinski definition) is 1. The van der Waals surface area contributed by atoms with Gasteiger partial charge in [0.15, 0.2) is 0 Å². The molecule has 0 radical (unpaired) electrons. The van der Waals surface area contributed by atoms with Gasteiger partial charge in [0.05, 0.1) is 12.0 Å². The molecule has 0 bridgehead atoms. The zero-order valence-corrected chi connectivity index (χ0v) is 12.7. The summed E-state index contributed by atoms with van der Waals surface area (Å²) in [6, 6.07) is 12.7. The highest BCUT2D eigenvalue weighted by molar-refractivity contribution is 7.89. The minimum absolute atomic E-state index is 0.152. The topological polar surface area (TPSA) is 66.8 Å². The molecule has 0 aromatic heterocycles. The fourth-order valence-electron chi connectivity index (χ4n) is 1.87. The van der Waals surface area contributed by atoms with Gasteiger partial charge < -0.3 is 9.84 Å². The first kappa shape index (κ1) is 15.3. The molecule has 2 rings (SSSR count). The van der Waals surface area contributed by atoms with Crippen LogP contribution in [0.25, 0.3) is 0 Å². The molecule has 1 N–H and O–H groups in total. The van der Waals surface area contributed by atoms with E-state index in [1.54, 1.807) is 24.3 Å². The molecule has 0 saturated carbocycles. The Kier molecular flexibility index (Phi) is 4.50. The van der Waals surface area contributed by atoms with E-state index >= 15 is 0 Å². The van der Waals surface area contributed by atoms with Crippen LogP contribution in [0.4, 0.5) is 0 Å². The first-order valence-corrected chi connectivity index (χ1v) is 7.76. The van der Waals surface area contributed by atoms with E-state index in [0.29, 0.717) is 5.75 Å². The highest BCUT2D eigenvalue weighted by atomic mass is 32.2. The van der Waals surface area contributed by atoms with E-state index in [0.717, 1.165) is 5.56 Å². The number of methoxy groups -OCH3 is 1. The Bertz CT molecular complexity index is 693. The van der Waals surface area contributed by atoms with Gasteiger partial charge in [0.25, 0.3) is 0 Å². The molecule has 6 heteroatoms. The number of sulfonamides is 1. The third-order valence-corrected chi connectivity index (χ3v) is 4.93. The maximum atomic E-state index is 12.4. The first-order valence-electron chi connectivity index (χ1n) is 6.32. The van der Waals surface area contributed by atoms with Crippen molar-refractivity contribution in [3.63, 3.8) is 0 Å². The summed E-state index contributed by atoms with van der Waals surface area (Å²) in [4.78, 5) is 0.213. The summed E-state index contributed by atoms with van der Waals surface area (Å²) in [5.74, 6) is 0.759. The minimum atomic E-state index is -3.56. The van der Waals surface area contributed by atoms with Crippen LogP contribution in [-0.2, 0) is 16.6 Å². The predicted molar refractivity (Wildman–Crippen MR) is 79.8 cm³/mol. The Morgan fingerprint density at radius 2 is 1.62 bits per heavy atom. The van der Waals surface area contributed by atoms with Crippen LogP contribution in [-0.4, -0.2) is 32.0 Å². The fourth-order valence-corrected chi connectivity index (χ4v) is 3.03. The number of benzene rings is 2. The van der Waals surface area contributed by atoms with E-state index in [-0.39, 0.29) is 17.2 Å². The van der Waals surface area contributed by atoms with Crippen molar-refractivity contribution in [3.8, 4) is 11.5 Å². The van der Waals surface area contributed by atoms with Crippen LogP contribution < -0.4 is 4.74 Å². The molecule has 0 aliphatic heterocycles. The molecule has 112 valence electrons. The largest absolute Gasteiger partial charge is 0.508 e. The summed E-state index contributed by atoms with van der Waals surface area (Å²) in [5.41, 5.74) is 0.799. The molecule has 0 saturated heterocycles. The molecule has 2 aromatic rings. The highest BCUT2D eigenvalue weighted by Gasteiger charge is 2.20. The zero-order chi connectivity index (χ0) is 15.5. The number of phenols is 1. The van der Waals surface area contributed by atoms with Gasteiger partial charge in [-0.1, -0.05) is 12.1 Å². The third kappa shape index (κ3) is 3.53. The molecule has 2 aromatic carbocycles. The molecule has 0 aliphatic rings. The lowest BCUT2D eigenvalue weighted by Crippen LogP contribution is -2.26. The Labute approximate surface area is 124 Å². The van der Waals surface area contributed by atoms with Gasteiger partial charge in [-0.3, -0.25) is 0 Å². The molecular formula is C15H17NO4S. The smallest absolute Gasteiger partial charge is 0.243 e. The van der Waals surface area contributed by atoms with E-state index < -0.39 is 10.0 Å². The maximum absolute atomic E-state index is 12.4. The Hall–Kier alpha value is -2.05. The van der Waals surface area contributed by atoms with Crippen LogP contribution in [0, 0.1) is 0 Å². The second-order valence-corrected chi connectivity index (χ2v) is 6.65. The molecule has 0 atom stereocenters. The fraction of sp³-hybridized carbons (Fsp3) is 0.200. The van der Waals surface area contributed by atoms with Crippen molar-refractivity contribution in [2.45, 2.75) is 11.4 Å². The lowest BCUT2D eigenvalue weighted by Gasteiger charge is -2.17. The number of rotatable bonds is 5. The van der Waals surface area contributed by atoms with Crippen molar-refractivity contribution < 1.29 is 18.3 Å². The molecule has 21 heavy (non-hydrogen) atoms. The SMILES string of the molecule is COc1ccc(S(=O)(=O)N(C)Cc2ccc(O)cc2)cc1. The van der Waals surface area contributed by atoms with Gasteiger partial charge in [-0.15, -0.1) is 0 Å². The van der Waals surface area contributed by atoms with Crippen LogP contribution in [0.15, 0.2) is 53.4 Å². The van der Waals surface area contributed by atoms with Gasteiger partial charge in [0.2, 0.25) is 10.0 Å². The number of hydrogen-bond acceptors (Lipinski definition) is 4. The number of aromatic hydroxyl groups is 1. The Balaban J connectivity index is 2.19. The minimum Gasteiger partial charge on any atom is -0.508 e. The van der Waals surface area contributed by atoms with E-state index in [4.69, 9.17) is 4.74 Å². The van der Waals surface area contributed by atoms with Crippen LogP contribution >= 0.6 is 0 Å². The standard InChI is InChI=1S/C15H17NO4S/c1-16(11-12-3-5-13(17)6-4-12)21(18,19)15-9-7-14(20-2)8-10-15/h3-10,17H,11H2,1-2H3. The third-order valence-electron chi connectivity index (χ3n) is 3.11. The molecule has 5 nitrogen and oxygen atoms in total. The second-order valence-electron chi connectivity index (χ2n) is 4.60. The van der Waals surface area contributed by atoms with E-state index in [9.17, 15) is 13.5 Å². The van der Waals surface area contributed by atoms with Gasteiger partial charge in [0.1, 0.15) is 11.5 Å². The van der Waals surface area contributed by atoms with Crippen LogP contribution in [0.1, 0.15) is 5.56 Å². The summed E-state index contributed by atoms with van der Waals surface area (Å²) in [6.07, 6.45) is 0. The van der Waals surface area contributed by atoms with Crippen LogP contribution in [0.2, 0.25) is 0 Å². The molecule has 0 unspecified atom stereocenters. The Morgan fingerprint density at radius 1 is 1.05 bits per heavy atom. The van der Waals surface area contributed by atoms with E-state index in [1.165, 1.54) is 42.7 Å². The van der Waals surface area contributed by atoms with Gasteiger partial charge in [0, 0.05) is 13.6 Å². The van der Waals surface area contributed by atoms with Crippen molar-refractivity contribution in [2.24, 2.45) is 0 Å². The normalized spacial score (nSPS) is 11.6. The first-order chi connectivity index (χ1) is 9.93. The molecule has 0 heterocycles. The highest BCUT2D eigenvalue weighted by Crippen LogP contribution is 2.20. The van der Waals surface area contributed by atoms with Crippen molar-refractivity contribution in [3.05, 3.63) is 54.1 Å². The number of phenolic OH excluding ortho intramolecular Hbond substituents is 1. The predicted octanol–water partition coefficient (Wildman–Crippen LogP) is 2.22. The molecule has 0 spiro atoms. The molecule has 0 fully saturated rings. The Morgan fingerprint density at radius 3 is 2.14 bits per heavy atom. The van der Waals surface area contributed by atoms with Crippen LogP contribution in [0.5, 0.6) is 11.5 Å². The average Bonchev–Trinajstić information content (AvgIpc) is 2.49. The van der Waals surface area contributed by atoms with E-state index in [2.05, 4.69) is 0 Å². The maximum Gasteiger partial charge on any atom is 0.243 e. The summed E-state index contributed by atoms with van der Waals surface area (Å²) in [7, 11) is -0.509. The lowest BCUT2D eigenvalue weighted by molar-refractivity contribution is 0.414. The lowest BCUT2D eigenvalue weighted by atomic mass is 10.2. The van der Waals surface area contributed by atoms with Crippen molar-refractivity contribution >= 4 is 10.0 Å². The summed E-state index contributed by atoms with van der Waals surface area (Å²) in [6.45, 7) is 0.231.